The molecule has 2 rings (SSSR count). The Bertz CT molecular complexity index is 646. The molecule has 1 aromatic heterocycles. The smallest absolute Gasteiger partial charge is 0.139 e. The van der Waals surface area contributed by atoms with Crippen molar-refractivity contribution in [2.24, 2.45) is 0 Å². The van der Waals surface area contributed by atoms with E-state index in [0.717, 1.165) is 46.1 Å². The lowest BCUT2D eigenvalue weighted by molar-refractivity contribution is 0.930. The average Bonchev–Trinajstić information content (AvgIpc) is 2.46. The first-order valence-electron chi connectivity index (χ1n) is 6.88. The highest BCUT2D eigenvalue weighted by molar-refractivity contribution is 9.10. The highest BCUT2D eigenvalue weighted by atomic mass is 79.9. The van der Waals surface area contributed by atoms with Crippen LogP contribution in [0.1, 0.15) is 25.2 Å². The van der Waals surface area contributed by atoms with Crippen LogP contribution < -0.4 is 10.6 Å². The largest absolute Gasteiger partial charge is 0.370 e. The minimum atomic E-state index is 0.644. The summed E-state index contributed by atoms with van der Waals surface area (Å²) in [6, 6.07) is 5.72. The fourth-order valence-corrected chi connectivity index (χ4v) is 2.62. The van der Waals surface area contributed by atoms with E-state index in [9.17, 15) is 0 Å². The summed E-state index contributed by atoms with van der Waals surface area (Å²) in [6.07, 6.45) is 0.779. The van der Waals surface area contributed by atoms with E-state index < -0.39 is 0 Å². The zero-order valence-electron chi connectivity index (χ0n) is 12.3. The van der Waals surface area contributed by atoms with Crippen LogP contribution in [0, 0.1) is 6.92 Å². The normalized spacial score (nSPS) is 10.5. The first-order chi connectivity index (χ1) is 10.0. The summed E-state index contributed by atoms with van der Waals surface area (Å²) in [6.45, 7) is 6.90. The monoisotopic (exact) mass is 368 g/mol. The van der Waals surface area contributed by atoms with Crippen molar-refractivity contribution in [1.82, 2.24) is 9.97 Å². The molecule has 0 unspecified atom stereocenters. The van der Waals surface area contributed by atoms with Crippen LogP contribution in [0.25, 0.3) is 0 Å². The molecule has 2 N–H and O–H groups in total. The van der Waals surface area contributed by atoms with Crippen molar-refractivity contribution in [2.75, 3.05) is 17.2 Å². The summed E-state index contributed by atoms with van der Waals surface area (Å²) in [4.78, 5) is 9.08. The second kappa shape index (κ2) is 7.09. The fraction of sp³-hybridized carbons (Fsp3) is 0.333. The van der Waals surface area contributed by atoms with Gasteiger partial charge in [0.2, 0.25) is 0 Å². The molecule has 0 saturated heterocycles. The fourth-order valence-electron chi connectivity index (χ4n) is 1.90. The number of hydrogen-bond acceptors (Lipinski definition) is 4. The molecule has 0 aliphatic rings. The zero-order chi connectivity index (χ0) is 15.4. The van der Waals surface area contributed by atoms with E-state index in [0.29, 0.717) is 5.02 Å². The zero-order valence-corrected chi connectivity index (χ0v) is 14.6. The molecule has 0 spiro atoms. The summed E-state index contributed by atoms with van der Waals surface area (Å²) in [5.41, 5.74) is 1.80. The summed E-state index contributed by atoms with van der Waals surface area (Å²) in [7, 11) is 0. The van der Waals surface area contributed by atoms with E-state index in [-0.39, 0.29) is 0 Å². The predicted octanol–water partition coefficient (Wildman–Crippen LogP) is 4.94. The summed E-state index contributed by atoms with van der Waals surface area (Å²) in [5, 5.41) is 7.21. The van der Waals surface area contributed by atoms with Crippen LogP contribution >= 0.6 is 27.5 Å². The van der Waals surface area contributed by atoms with E-state index in [2.05, 4.69) is 36.5 Å². The van der Waals surface area contributed by atoms with Crippen LogP contribution in [0.4, 0.5) is 17.3 Å². The number of nitrogens with one attached hydrogen (secondary N) is 2. The Morgan fingerprint density at radius 3 is 2.52 bits per heavy atom. The van der Waals surface area contributed by atoms with Crippen molar-refractivity contribution in [2.45, 2.75) is 27.2 Å². The Morgan fingerprint density at radius 2 is 1.90 bits per heavy atom. The van der Waals surface area contributed by atoms with Crippen LogP contribution in [-0.4, -0.2) is 16.5 Å². The number of anilines is 3. The van der Waals surface area contributed by atoms with Crippen LogP contribution in [0.3, 0.4) is 0 Å². The van der Waals surface area contributed by atoms with E-state index in [1.54, 1.807) is 0 Å². The summed E-state index contributed by atoms with van der Waals surface area (Å²) in [5.74, 6) is 2.44. The molecule has 6 heteroatoms. The molecule has 0 aliphatic heterocycles. The molecule has 0 fully saturated rings. The molecule has 21 heavy (non-hydrogen) atoms. The summed E-state index contributed by atoms with van der Waals surface area (Å²) >= 11 is 9.66. The van der Waals surface area contributed by atoms with Crippen LogP contribution in [0.2, 0.25) is 5.02 Å². The van der Waals surface area contributed by atoms with Crippen molar-refractivity contribution >= 4 is 44.9 Å². The second-order valence-corrected chi connectivity index (χ2v) is 5.92. The van der Waals surface area contributed by atoms with Gasteiger partial charge in [0.05, 0.1) is 10.7 Å². The third-order valence-electron chi connectivity index (χ3n) is 3.04. The van der Waals surface area contributed by atoms with Gasteiger partial charge in [-0.15, -0.1) is 0 Å². The molecule has 2 aromatic rings. The molecule has 1 heterocycles. The SMILES string of the molecule is CCNc1nc(CC)nc(Nc2ccc(Br)cc2Cl)c1C. The lowest BCUT2D eigenvalue weighted by Gasteiger charge is -2.15. The molecule has 0 bridgehead atoms. The lowest BCUT2D eigenvalue weighted by atomic mass is 10.2. The van der Waals surface area contributed by atoms with Gasteiger partial charge < -0.3 is 10.6 Å². The van der Waals surface area contributed by atoms with Gasteiger partial charge in [-0.1, -0.05) is 34.5 Å². The Balaban J connectivity index is 2.40. The van der Waals surface area contributed by atoms with Gasteiger partial charge in [-0.25, -0.2) is 9.97 Å². The summed E-state index contributed by atoms with van der Waals surface area (Å²) < 4.78 is 0.944. The van der Waals surface area contributed by atoms with Gasteiger partial charge in [-0.05, 0) is 32.0 Å². The van der Waals surface area contributed by atoms with Crippen LogP contribution in [0.5, 0.6) is 0 Å². The molecule has 0 saturated carbocycles. The number of benzene rings is 1. The minimum absolute atomic E-state index is 0.644. The van der Waals surface area contributed by atoms with Crippen molar-refractivity contribution in [1.29, 1.82) is 0 Å². The van der Waals surface area contributed by atoms with Gasteiger partial charge in [0.25, 0.3) is 0 Å². The van der Waals surface area contributed by atoms with Gasteiger partial charge in [0.1, 0.15) is 17.5 Å². The van der Waals surface area contributed by atoms with Gasteiger partial charge in [0, 0.05) is 23.0 Å². The maximum atomic E-state index is 6.25. The Hall–Kier alpha value is -1.33. The molecule has 0 aliphatic carbocycles. The minimum Gasteiger partial charge on any atom is -0.370 e. The average molecular weight is 370 g/mol. The number of hydrogen-bond donors (Lipinski definition) is 2. The van der Waals surface area contributed by atoms with E-state index in [4.69, 9.17) is 11.6 Å². The Labute approximate surface area is 138 Å². The number of halogens is 2. The third kappa shape index (κ3) is 3.86. The third-order valence-corrected chi connectivity index (χ3v) is 3.84. The molecule has 112 valence electrons. The molecule has 1 aromatic carbocycles. The van der Waals surface area contributed by atoms with Crippen molar-refractivity contribution in [3.63, 3.8) is 0 Å². The highest BCUT2D eigenvalue weighted by Crippen LogP contribution is 2.30. The molecular formula is C15H18BrClN4. The van der Waals surface area contributed by atoms with Gasteiger partial charge in [-0.3, -0.25) is 0 Å². The first-order valence-corrected chi connectivity index (χ1v) is 8.05. The molecular weight excluding hydrogens is 352 g/mol. The Kier molecular flexibility index (Phi) is 5.42. The highest BCUT2D eigenvalue weighted by Gasteiger charge is 2.11. The number of aromatic nitrogens is 2. The van der Waals surface area contributed by atoms with Gasteiger partial charge >= 0.3 is 0 Å². The molecule has 0 atom stereocenters. The molecule has 4 nitrogen and oxygen atoms in total. The number of nitrogens with zero attached hydrogens (tertiary/aromatic N) is 2. The van der Waals surface area contributed by atoms with Crippen molar-refractivity contribution in [3.8, 4) is 0 Å². The predicted molar refractivity (Wildman–Crippen MR) is 92.7 cm³/mol. The van der Waals surface area contributed by atoms with E-state index in [1.807, 2.05) is 39.0 Å². The van der Waals surface area contributed by atoms with Crippen molar-refractivity contribution < 1.29 is 0 Å². The van der Waals surface area contributed by atoms with Crippen LogP contribution in [-0.2, 0) is 6.42 Å². The van der Waals surface area contributed by atoms with E-state index in [1.165, 1.54) is 0 Å². The maximum absolute atomic E-state index is 6.25. The molecule has 0 amide bonds. The maximum Gasteiger partial charge on any atom is 0.139 e. The quantitative estimate of drug-likeness (QED) is 0.784. The Morgan fingerprint density at radius 1 is 1.19 bits per heavy atom. The van der Waals surface area contributed by atoms with Crippen LogP contribution in [0.15, 0.2) is 22.7 Å². The van der Waals surface area contributed by atoms with Gasteiger partial charge in [0.15, 0.2) is 0 Å². The topological polar surface area (TPSA) is 49.8 Å². The lowest BCUT2D eigenvalue weighted by Crippen LogP contribution is -2.09. The second-order valence-electron chi connectivity index (χ2n) is 4.60. The van der Waals surface area contributed by atoms with Crippen molar-refractivity contribution in [3.05, 3.63) is 39.1 Å². The number of aryl methyl sites for hydroxylation is 1. The first kappa shape index (κ1) is 16.0. The number of rotatable bonds is 5. The standard InChI is InChI=1S/C15H18BrClN4/c1-4-13-20-14(18-5-2)9(3)15(21-13)19-12-7-6-10(16)8-11(12)17/h6-8H,4-5H2,1-3H3,(H2,18,19,20,21). The van der Waals surface area contributed by atoms with Gasteiger partial charge in [-0.2, -0.15) is 0 Å². The molecule has 0 radical (unpaired) electrons. The van der Waals surface area contributed by atoms with E-state index >= 15 is 0 Å².